The molecule has 4 rings (SSSR count). The quantitative estimate of drug-likeness (QED) is 0.933. The van der Waals surface area contributed by atoms with E-state index in [1.807, 2.05) is 36.5 Å². The van der Waals surface area contributed by atoms with Crippen molar-refractivity contribution in [2.24, 2.45) is 5.92 Å². The molecule has 2 aliphatic rings. The van der Waals surface area contributed by atoms with Gasteiger partial charge >= 0.3 is 0 Å². The number of H-pyrrole nitrogens is 1. The first-order chi connectivity index (χ1) is 11.2. The Bertz CT molecular complexity index is 698. The first-order valence-corrected chi connectivity index (χ1v) is 8.15. The SMILES string of the molecule is CN1C[C@@H]2[C@@H](CCCN2Cc2cn[nH]c2-c2cccnc2)C1=O. The minimum absolute atomic E-state index is 0.169. The molecule has 2 aliphatic heterocycles. The number of fused-ring (bicyclic) bond motifs is 1. The van der Waals surface area contributed by atoms with Crippen molar-refractivity contribution in [1.29, 1.82) is 0 Å². The third-order valence-electron chi connectivity index (χ3n) is 5.09. The van der Waals surface area contributed by atoms with Crippen LogP contribution >= 0.6 is 0 Å². The second-order valence-electron chi connectivity index (χ2n) is 6.52. The lowest BCUT2D eigenvalue weighted by Crippen LogP contribution is -2.44. The smallest absolute Gasteiger partial charge is 0.227 e. The van der Waals surface area contributed by atoms with Crippen molar-refractivity contribution < 1.29 is 4.79 Å². The molecule has 2 fully saturated rings. The molecule has 120 valence electrons. The normalized spacial score (nSPS) is 24.9. The maximum Gasteiger partial charge on any atom is 0.227 e. The Balaban J connectivity index is 1.57. The molecule has 2 aromatic heterocycles. The summed E-state index contributed by atoms with van der Waals surface area (Å²) in [4.78, 5) is 20.8. The molecule has 0 bridgehead atoms. The molecule has 4 heterocycles. The molecule has 1 amide bonds. The number of aromatic nitrogens is 3. The van der Waals surface area contributed by atoms with Crippen LogP contribution in [0.25, 0.3) is 11.3 Å². The summed E-state index contributed by atoms with van der Waals surface area (Å²) in [6.07, 6.45) is 7.62. The van der Waals surface area contributed by atoms with Gasteiger partial charge in [0, 0.05) is 49.7 Å². The minimum atomic E-state index is 0.169. The van der Waals surface area contributed by atoms with Crippen molar-refractivity contribution in [3.63, 3.8) is 0 Å². The highest BCUT2D eigenvalue weighted by Crippen LogP contribution is 2.33. The summed E-state index contributed by atoms with van der Waals surface area (Å²) in [7, 11) is 1.91. The van der Waals surface area contributed by atoms with Gasteiger partial charge in [0.2, 0.25) is 5.91 Å². The van der Waals surface area contributed by atoms with E-state index in [9.17, 15) is 4.79 Å². The minimum Gasteiger partial charge on any atom is -0.344 e. The highest BCUT2D eigenvalue weighted by Gasteiger charge is 2.43. The van der Waals surface area contributed by atoms with Gasteiger partial charge in [0.1, 0.15) is 0 Å². The van der Waals surface area contributed by atoms with E-state index < -0.39 is 0 Å². The van der Waals surface area contributed by atoms with E-state index in [-0.39, 0.29) is 5.92 Å². The zero-order chi connectivity index (χ0) is 15.8. The first-order valence-electron chi connectivity index (χ1n) is 8.15. The highest BCUT2D eigenvalue weighted by molar-refractivity contribution is 5.82. The van der Waals surface area contributed by atoms with Crippen molar-refractivity contribution in [3.05, 3.63) is 36.3 Å². The second kappa shape index (κ2) is 5.77. The molecule has 1 N–H and O–H groups in total. The molecule has 0 aromatic carbocycles. The van der Waals surface area contributed by atoms with Gasteiger partial charge in [-0.2, -0.15) is 5.10 Å². The summed E-state index contributed by atoms with van der Waals surface area (Å²) in [5.74, 6) is 0.474. The Kier molecular flexibility index (Phi) is 3.61. The van der Waals surface area contributed by atoms with E-state index in [1.54, 1.807) is 6.20 Å². The molecule has 0 aliphatic carbocycles. The van der Waals surface area contributed by atoms with Gasteiger partial charge in [0.05, 0.1) is 17.8 Å². The third-order valence-corrected chi connectivity index (χ3v) is 5.09. The fourth-order valence-electron chi connectivity index (χ4n) is 3.92. The number of carbonyl (C=O) groups is 1. The van der Waals surface area contributed by atoms with Crippen LogP contribution in [0.15, 0.2) is 30.7 Å². The van der Waals surface area contributed by atoms with Crippen LogP contribution < -0.4 is 0 Å². The molecule has 0 spiro atoms. The van der Waals surface area contributed by atoms with Crippen molar-refractivity contribution in [3.8, 4) is 11.3 Å². The summed E-state index contributed by atoms with van der Waals surface area (Å²) in [5.41, 5.74) is 3.24. The average Bonchev–Trinajstić information content (AvgIpc) is 3.15. The van der Waals surface area contributed by atoms with Crippen molar-refractivity contribution >= 4 is 5.91 Å². The number of rotatable bonds is 3. The molecule has 6 heteroatoms. The number of carbonyl (C=O) groups excluding carboxylic acids is 1. The van der Waals surface area contributed by atoms with Crippen LogP contribution in [0.3, 0.4) is 0 Å². The summed E-state index contributed by atoms with van der Waals surface area (Å²) in [6.45, 7) is 2.70. The maximum atomic E-state index is 12.2. The van der Waals surface area contributed by atoms with Crippen molar-refractivity contribution in [2.75, 3.05) is 20.1 Å². The van der Waals surface area contributed by atoms with E-state index in [0.717, 1.165) is 43.7 Å². The number of hydrogen-bond donors (Lipinski definition) is 1. The van der Waals surface area contributed by atoms with Gasteiger partial charge in [-0.05, 0) is 31.5 Å². The van der Waals surface area contributed by atoms with Crippen LogP contribution in [0.4, 0.5) is 0 Å². The molecule has 0 radical (unpaired) electrons. The number of nitrogens with one attached hydrogen (secondary N) is 1. The van der Waals surface area contributed by atoms with Gasteiger partial charge in [0.15, 0.2) is 0 Å². The van der Waals surface area contributed by atoms with Crippen LogP contribution in [0, 0.1) is 5.92 Å². The van der Waals surface area contributed by atoms with E-state index >= 15 is 0 Å². The van der Waals surface area contributed by atoms with Gasteiger partial charge in [0.25, 0.3) is 0 Å². The van der Waals surface area contributed by atoms with E-state index in [4.69, 9.17) is 0 Å². The maximum absolute atomic E-state index is 12.2. The van der Waals surface area contributed by atoms with Crippen molar-refractivity contribution in [2.45, 2.75) is 25.4 Å². The van der Waals surface area contributed by atoms with Gasteiger partial charge in [-0.15, -0.1) is 0 Å². The van der Waals surface area contributed by atoms with E-state index in [2.05, 4.69) is 20.1 Å². The first kappa shape index (κ1) is 14.4. The largest absolute Gasteiger partial charge is 0.344 e. The molecule has 0 saturated carbocycles. The van der Waals surface area contributed by atoms with E-state index in [1.165, 1.54) is 5.56 Å². The predicted molar refractivity (Wildman–Crippen MR) is 86.4 cm³/mol. The standard InChI is InChI=1S/C17H21N5O/c1-21-11-15-14(17(21)23)5-3-7-22(15)10-13-9-19-20-16(13)12-4-2-6-18-8-12/h2,4,6,8-9,14-15H,3,5,7,10-11H2,1H3,(H,19,20)/t14-,15-/m1/s1. The number of pyridine rings is 1. The Hall–Kier alpha value is -2.21. The number of likely N-dealkylation sites (tertiary alicyclic amines) is 2. The molecule has 6 nitrogen and oxygen atoms in total. The van der Waals surface area contributed by atoms with Crippen molar-refractivity contribution in [1.82, 2.24) is 25.0 Å². The molecule has 2 saturated heterocycles. The fraction of sp³-hybridized carbons (Fsp3) is 0.471. The van der Waals surface area contributed by atoms with Crippen LogP contribution in [0.1, 0.15) is 18.4 Å². The Morgan fingerprint density at radius 1 is 1.39 bits per heavy atom. The zero-order valence-electron chi connectivity index (χ0n) is 13.3. The summed E-state index contributed by atoms with van der Waals surface area (Å²) < 4.78 is 0. The molecular formula is C17H21N5O. The Morgan fingerprint density at radius 3 is 3.13 bits per heavy atom. The molecule has 23 heavy (non-hydrogen) atoms. The summed E-state index contributed by atoms with van der Waals surface area (Å²) in [6, 6.07) is 4.30. The number of piperidine rings is 1. The summed E-state index contributed by atoms with van der Waals surface area (Å²) >= 11 is 0. The lowest BCUT2D eigenvalue weighted by atomic mass is 9.91. The summed E-state index contributed by atoms with van der Waals surface area (Å²) in [5, 5.41) is 7.32. The number of hydrogen-bond acceptors (Lipinski definition) is 4. The number of amides is 1. The topological polar surface area (TPSA) is 65.1 Å². The second-order valence-corrected chi connectivity index (χ2v) is 6.52. The molecule has 2 atom stereocenters. The van der Waals surface area contributed by atoms with Gasteiger partial charge in [-0.25, -0.2) is 0 Å². The number of nitrogens with zero attached hydrogens (tertiary/aromatic N) is 4. The van der Waals surface area contributed by atoms with Gasteiger partial charge in [-0.3, -0.25) is 19.8 Å². The Labute approximate surface area is 135 Å². The van der Waals surface area contributed by atoms with Crippen LogP contribution in [0.2, 0.25) is 0 Å². The monoisotopic (exact) mass is 311 g/mol. The van der Waals surface area contributed by atoms with Crippen LogP contribution in [-0.2, 0) is 11.3 Å². The third kappa shape index (κ3) is 2.53. The molecule has 0 unspecified atom stereocenters. The fourth-order valence-corrected chi connectivity index (χ4v) is 3.92. The van der Waals surface area contributed by atoms with Gasteiger partial charge < -0.3 is 4.90 Å². The number of likely N-dealkylation sites (N-methyl/N-ethyl adjacent to an activating group) is 1. The zero-order valence-corrected chi connectivity index (χ0v) is 13.3. The number of aromatic amines is 1. The predicted octanol–water partition coefficient (Wildman–Crippen LogP) is 1.52. The Morgan fingerprint density at radius 2 is 2.30 bits per heavy atom. The lowest BCUT2D eigenvalue weighted by Gasteiger charge is -2.35. The highest BCUT2D eigenvalue weighted by atomic mass is 16.2. The lowest BCUT2D eigenvalue weighted by molar-refractivity contribution is -0.130. The molecular weight excluding hydrogens is 290 g/mol. The van der Waals surface area contributed by atoms with Crippen LogP contribution in [-0.4, -0.2) is 57.1 Å². The molecule has 2 aromatic rings. The average molecular weight is 311 g/mol. The van der Waals surface area contributed by atoms with E-state index in [0.29, 0.717) is 11.9 Å². The van der Waals surface area contributed by atoms with Crippen LogP contribution in [0.5, 0.6) is 0 Å². The van der Waals surface area contributed by atoms with Gasteiger partial charge in [-0.1, -0.05) is 0 Å².